The van der Waals surface area contributed by atoms with Gasteiger partial charge in [-0.3, -0.25) is 4.79 Å². The molecule has 0 amide bonds. The number of alkyl halides is 3. The summed E-state index contributed by atoms with van der Waals surface area (Å²) in [6, 6.07) is 12.6. The number of halogens is 3. The summed E-state index contributed by atoms with van der Waals surface area (Å²) in [5.74, 6) is 2.91. The van der Waals surface area contributed by atoms with E-state index < -0.39 is 11.7 Å². The molecule has 0 radical (unpaired) electrons. The number of nitrogens with zero attached hydrogens (tertiary/aromatic N) is 2. The molecule has 1 aromatic heterocycles. The van der Waals surface area contributed by atoms with Crippen molar-refractivity contribution in [2.45, 2.75) is 50.7 Å². The van der Waals surface area contributed by atoms with Crippen LogP contribution in [0, 0.1) is 23.7 Å². The number of para-hydroxylation sites is 1. The van der Waals surface area contributed by atoms with Gasteiger partial charge in [-0.15, -0.1) is 0 Å². The molecule has 2 aromatic carbocycles. The maximum Gasteiger partial charge on any atom is 0.416 e. The van der Waals surface area contributed by atoms with E-state index in [0.717, 1.165) is 30.5 Å². The number of hydrogen-bond donors (Lipinski definition) is 0. The lowest BCUT2D eigenvalue weighted by Gasteiger charge is -2.61. The first-order valence-corrected chi connectivity index (χ1v) is 11.5. The highest BCUT2D eigenvalue weighted by molar-refractivity contribution is 5.81. The van der Waals surface area contributed by atoms with Crippen molar-refractivity contribution in [3.05, 3.63) is 64.4 Å². The topological polar surface area (TPSA) is 34.9 Å². The zero-order chi connectivity index (χ0) is 22.3. The van der Waals surface area contributed by atoms with E-state index in [-0.39, 0.29) is 11.1 Å². The Hall–Kier alpha value is -2.63. The lowest BCUT2D eigenvalue weighted by molar-refractivity contribution is -0.137. The van der Waals surface area contributed by atoms with Gasteiger partial charge in [0, 0.05) is 11.1 Å². The number of fused-ring (bicyclic) bond motifs is 1. The average Bonchev–Trinajstić information content (AvgIpc) is 2.76. The summed E-state index contributed by atoms with van der Waals surface area (Å²) in [6.45, 7) is 2.33. The smallest absolute Gasteiger partial charge is 0.319 e. The van der Waals surface area contributed by atoms with E-state index in [4.69, 9.17) is 0 Å². The standard InChI is InChI=1S/C26H25F3N2O/c1-15-19-11-16-10-17(12-19)14-25(15,13-16)31-22-5-3-2-4-21(22)24(32)30-23(31)18-6-8-20(9-7-18)26(27,28)29/h2-9,15-17,19H,10-14H2,1H3. The Morgan fingerprint density at radius 1 is 0.969 bits per heavy atom. The highest BCUT2D eigenvalue weighted by Crippen LogP contribution is 2.62. The van der Waals surface area contributed by atoms with E-state index >= 15 is 0 Å². The first-order chi connectivity index (χ1) is 15.3. The van der Waals surface area contributed by atoms with Gasteiger partial charge in [0.05, 0.1) is 16.5 Å². The molecule has 7 rings (SSSR count). The molecule has 3 nitrogen and oxygen atoms in total. The van der Waals surface area contributed by atoms with E-state index in [1.54, 1.807) is 0 Å². The van der Waals surface area contributed by atoms with E-state index in [1.807, 2.05) is 24.3 Å². The molecule has 3 atom stereocenters. The normalized spacial score (nSPS) is 31.4. The molecule has 0 saturated heterocycles. The molecule has 4 bridgehead atoms. The van der Waals surface area contributed by atoms with E-state index in [0.29, 0.717) is 40.4 Å². The van der Waals surface area contributed by atoms with Crippen LogP contribution < -0.4 is 5.56 Å². The Balaban J connectivity index is 1.62. The van der Waals surface area contributed by atoms with Crippen LogP contribution in [0.25, 0.3) is 22.3 Å². The third-order valence-electron chi connectivity index (χ3n) is 8.49. The predicted octanol–water partition coefficient (Wildman–Crippen LogP) is 6.25. The van der Waals surface area contributed by atoms with Gasteiger partial charge in [0.1, 0.15) is 5.82 Å². The van der Waals surface area contributed by atoms with Crippen LogP contribution >= 0.6 is 0 Å². The first-order valence-electron chi connectivity index (χ1n) is 11.5. The molecular weight excluding hydrogens is 413 g/mol. The molecule has 1 heterocycles. The summed E-state index contributed by atoms with van der Waals surface area (Å²) in [5, 5.41) is 0.575. The zero-order valence-electron chi connectivity index (χ0n) is 17.9. The van der Waals surface area contributed by atoms with Gasteiger partial charge in [-0.2, -0.15) is 18.2 Å². The lowest BCUT2D eigenvalue weighted by Crippen LogP contribution is -2.57. The average molecular weight is 438 g/mol. The van der Waals surface area contributed by atoms with Crippen molar-refractivity contribution in [2.24, 2.45) is 23.7 Å². The van der Waals surface area contributed by atoms with Crippen LogP contribution in [0.5, 0.6) is 0 Å². The minimum Gasteiger partial charge on any atom is -0.319 e. The first kappa shape index (κ1) is 20.0. The number of hydrogen-bond acceptors (Lipinski definition) is 2. The van der Waals surface area contributed by atoms with Crippen molar-refractivity contribution in [1.29, 1.82) is 0 Å². The van der Waals surface area contributed by atoms with Crippen LogP contribution in [0.4, 0.5) is 13.2 Å². The number of aromatic nitrogens is 2. The van der Waals surface area contributed by atoms with E-state index in [9.17, 15) is 18.0 Å². The van der Waals surface area contributed by atoms with Crippen LogP contribution in [0.15, 0.2) is 53.3 Å². The fourth-order valence-electron chi connectivity index (χ4n) is 7.26. The Morgan fingerprint density at radius 2 is 1.62 bits per heavy atom. The summed E-state index contributed by atoms with van der Waals surface area (Å²) in [5.41, 5.74) is 0.218. The van der Waals surface area contributed by atoms with Crippen molar-refractivity contribution in [2.75, 3.05) is 0 Å². The Bertz CT molecular complexity index is 1250. The molecule has 3 unspecified atom stereocenters. The van der Waals surface area contributed by atoms with Gasteiger partial charge in [-0.1, -0.05) is 31.2 Å². The summed E-state index contributed by atoms with van der Waals surface area (Å²) in [4.78, 5) is 17.4. The molecule has 3 aromatic rings. The minimum atomic E-state index is -4.40. The van der Waals surface area contributed by atoms with Gasteiger partial charge in [0.25, 0.3) is 5.56 Å². The van der Waals surface area contributed by atoms with Gasteiger partial charge in [-0.25, -0.2) is 0 Å². The molecular formula is C26H25F3N2O. The molecule has 0 N–H and O–H groups in total. The fraction of sp³-hybridized carbons (Fsp3) is 0.462. The summed E-state index contributed by atoms with van der Waals surface area (Å²) in [6.07, 6.45) is 1.49. The lowest BCUT2D eigenvalue weighted by atomic mass is 9.48. The van der Waals surface area contributed by atoms with E-state index in [2.05, 4.69) is 16.5 Å². The molecule has 0 aliphatic heterocycles. The monoisotopic (exact) mass is 438 g/mol. The van der Waals surface area contributed by atoms with Crippen molar-refractivity contribution in [3.8, 4) is 11.4 Å². The minimum absolute atomic E-state index is 0.160. The third-order valence-corrected chi connectivity index (χ3v) is 8.49. The molecule has 4 saturated carbocycles. The molecule has 32 heavy (non-hydrogen) atoms. The Morgan fingerprint density at radius 3 is 2.28 bits per heavy atom. The quantitative estimate of drug-likeness (QED) is 0.474. The predicted molar refractivity (Wildman–Crippen MR) is 117 cm³/mol. The second-order valence-electron chi connectivity index (χ2n) is 10.2. The molecule has 4 aliphatic rings. The highest BCUT2D eigenvalue weighted by Gasteiger charge is 2.57. The van der Waals surface area contributed by atoms with Crippen molar-refractivity contribution in [3.63, 3.8) is 0 Å². The SMILES string of the molecule is CC1C2CC3CC(C2)CC1(n1c(-c2ccc(C(F)(F)F)cc2)nc(=O)c2ccccc21)C3. The van der Waals surface area contributed by atoms with Gasteiger partial charge in [0.2, 0.25) is 0 Å². The highest BCUT2D eigenvalue weighted by atomic mass is 19.4. The van der Waals surface area contributed by atoms with Crippen LogP contribution in [-0.2, 0) is 11.7 Å². The van der Waals surface area contributed by atoms with E-state index in [1.165, 1.54) is 31.4 Å². The summed E-state index contributed by atoms with van der Waals surface area (Å²) in [7, 11) is 0. The second kappa shape index (κ2) is 6.69. The summed E-state index contributed by atoms with van der Waals surface area (Å²) >= 11 is 0. The number of benzene rings is 2. The number of rotatable bonds is 2. The van der Waals surface area contributed by atoms with Crippen LogP contribution in [-0.4, -0.2) is 9.55 Å². The van der Waals surface area contributed by atoms with Crippen LogP contribution in [0.2, 0.25) is 0 Å². The van der Waals surface area contributed by atoms with Crippen molar-refractivity contribution >= 4 is 10.9 Å². The summed E-state index contributed by atoms with van der Waals surface area (Å²) < 4.78 is 41.7. The van der Waals surface area contributed by atoms with Crippen LogP contribution in [0.3, 0.4) is 0 Å². The van der Waals surface area contributed by atoms with Crippen LogP contribution in [0.1, 0.15) is 44.6 Å². The van der Waals surface area contributed by atoms with Gasteiger partial charge in [-0.05, 0) is 80.0 Å². The zero-order valence-corrected chi connectivity index (χ0v) is 17.9. The largest absolute Gasteiger partial charge is 0.416 e. The Kier molecular flexibility index (Phi) is 4.18. The van der Waals surface area contributed by atoms with Gasteiger partial charge < -0.3 is 4.57 Å². The molecule has 4 aliphatic carbocycles. The fourth-order valence-corrected chi connectivity index (χ4v) is 7.26. The Labute approximate surface area is 184 Å². The maximum absolute atomic E-state index is 13.2. The molecule has 6 heteroatoms. The molecule has 0 spiro atoms. The molecule has 166 valence electrons. The third kappa shape index (κ3) is 2.81. The van der Waals surface area contributed by atoms with Gasteiger partial charge >= 0.3 is 6.18 Å². The maximum atomic E-state index is 13.2. The van der Waals surface area contributed by atoms with Crippen molar-refractivity contribution in [1.82, 2.24) is 9.55 Å². The molecule has 4 fully saturated rings. The van der Waals surface area contributed by atoms with Gasteiger partial charge in [0.15, 0.2) is 0 Å². The van der Waals surface area contributed by atoms with Crippen molar-refractivity contribution < 1.29 is 13.2 Å². The second-order valence-corrected chi connectivity index (χ2v) is 10.2.